The Bertz CT molecular complexity index is 1390. The quantitative estimate of drug-likeness (QED) is 0.340. The zero-order valence-corrected chi connectivity index (χ0v) is 21.9. The lowest BCUT2D eigenvalue weighted by Gasteiger charge is -2.33. The highest BCUT2D eigenvalue weighted by Gasteiger charge is 2.24. The molecule has 6 nitrogen and oxygen atoms in total. The van der Waals surface area contributed by atoms with Crippen LogP contribution in [0.4, 0.5) is 0 Å². The zero-order valence-electron chi connectivity index (χ0n) is 20.3. The largest absolute Gasteiger partial charge is 0.497 e. The van der Waals surface area contributed by atoms with Crippen LogP contribution in [0.15, 0.2) is 71.3 Å². The number of benzene rings is 3. The number of rotatable bonds is 7. The number of aliphatic hydroxyl groups excluding tert-OH is 1. The number of fused-ring (bicyclic) bond motifs is 2. The normalized spacial score (nSPS) is 15.8. The van der Waals surface area contributed by atoms with E-state index in [9.17, 15) is 9.90 Å². The highest BCUT2D eigenvalue weighted by Crippen LogP contribution is 2.29. The van der Waals surface area contributed by atoms with Gasteiger partial charge in [-0.25, -0.2) is 0 Å². The molecule has 186 valence electrons. The maximum Gasteiger partial charge on any atom is 0.224 e. The van der Waals surface area contributed by atoms with Gasteiger partial charge in [-0.1, -0.05) is 46.3 Å². The van der Waals surface area contributed by atoms with Crippen LogP contribution in [0.2, 0.25) is 0 Å². The maximum absolute atomic E-state index is 12.8. The second-order valence-electron chi connectivity index (χ2n) is 9.37. The molecule has 0 aliphatic carbocycles. The molecule has 1 aromatic heterocycles. The number of pyridine rings is 1. The molecular weight excluding hydrogens is 518 g/mol. The van der Waals surface area contributed by atoms with Gasteiger partial charge in [0.2, 0.25) is 5.91 Å². The SMILES string of the molecule is COc1ccc2nccc([C@@H](O)CN3CCC(NC(=O)Cc4ccc(Br)c5ccccc45)CC3)c2c1. The number of β-amino-alcohol motifs (C(OH)–C–C–N with tert-alkyl or cyclic N) is 1. The van der Waals surface area contributed by atoms with Crippen LogP contribution in [-0.4, -0.2) is 53.7 Å². The summed E-state index contributed by atoms with van der Waals surface area (Å²) < 4.78 is 6.40. The van der Waals surface area contributed by atoms with Gasteiger partial charge in [-0.15, -0.1) is 0 Å². The van der Waals surface area contributed by atoms with Crippen LogP contribution in [0.3, 0.4) is 0 Å². The summed E-state index contributed by atoms with van der Waals surface area (Å²) in [5.74, 6) is 0.801. The molecule has 0 bridgehead atoms. The third kappa shape index (κ3) is 5.38. The van der Waals surface area contributed by atoms with E-state index < -0.39 is 6.10 Å². The molecule has 4 aromatic rings. The summed E-state index contributed by atoms with van der Waals surface area (Å²) in [6.45, 7) is 2.20. The van der Waals surface area contributed by atoms with Crippen molar-refractivity contribution in [1.29, 1.82) is 0 Å². The molecule has 0 saturated carbocycles. The van der Waals surface area contributed by atoms with E-state index in [4.69, 9.17) is 4.74 Å². The van der Waals surface area contributed by atoms with E-state index in [-0.39, 0.29) is 11.9 Å². The second kappa shape index (κ2) is 10.9. The Hall–Kier alpha value is -3.00. The van der Waals surface area contributed by atoms with Gasteiger partial charge < -0.3 is 20.1 Å². The smallest absolute Gasteiger partial charge is 0.224 e. The third-order valence-corrected chi connectivity index (χ3v) is 7.73. The van der Waals surface area contributed by atoms with E-state index >= 15 is 0 Å². The maximum atomic E-state index is 12.8. The van der Waals surface area contributed by atoms with E-state index in [1.54, 1.807) is 13.3 Å². The number of amides is 1. The van der Waals surface area contributed by atoms with Crippen molar-refractivity contribution in [2.75, 3.05) is 26.7 Å². The van der Waals surface area contributed by atoms with Crippen molar-refractivity contribution in [3.63, 3.8) is 0 Å². The molecule has 0 radical (unpaired) electrons. The van der Waals surface area contributed by atoms with Gasteiger partial charge in [0, 0.05) is 41.7 Å². The minimum absolute atomic E-state index is 0.0539. The van der Waals surface area contributed by atoms with Crippen LogP contribution in [-0.2, 0) is 11.2 Å². The Balaban J connectivity index is 1.16. The fraction of sp³-hybridized carbons (Fsp3) is 0.310. The number of aromatic nitrogens is 1. The Kier molecular flexibility index (Phi) is 7.51. The monoisotopic (exact) mass is 547 g/mol. The minimum Gasteiger partial charge on any atom is -0.497 e. The lowest BCUT2D eigenvalue weighted by Crippen LogP contribution is -2.46. The number of aliphatic hydroxyl groups is 1. The first kappa shape index (κ1) is 24.7. The van der Waals surface area contributed by atoms with Crippen molar-refractivity contribution >= 4 is 43.5 Å². The molecule has 2 N–H and O–H groups in total. The van der Waals surface area contributed by atoms with Gasteiger partial charge in [0.15, 0.2) is 0 Å². The number of likely N-dealkylation sites (tertiary alicyclic amines) is 1. The number of hydrogen-bond acceptors (Lipinski definition) is 5. The zero-order chi connectivity index (χ0) is 25.1. The highest BCUT2D eigenvalue weighted by atomic mass is 79.9. The van der Waals surface area contributed by atoms with Crippen LogP contribution in [0, 0.1) is 0 Å². The predicted octanol–water partition coefficient (Wildman–Crippen LogP) is 5.02. The van der Waals surface area contributed by atoms with Gasteiger partial charge in [0.05, 0.1) is 25.2 Å². The number of ether oxygens (including phenoxy) is 1. The second-order valence-corrected chi connectivity index (χ2v) is 10.2. The number of carbonyl (C=O) groups is 1. The number of methoxy groups -OCH3 is 1. The molecule has 0 spiro atoms. The van der Waals surface area contributed by atoms with Crippen molar-refractivity contribution in [2.24, 2.45) is 0 Å². The molecule has 3 aromatic carbocycles. The first-order valence-corrected chi connectivity index (χ1v) is 13.1. The summed E-state index contributed by atoms with van der Waals surface area (Å²) in [4.78, 5) is 19.5. The van der Waals surface area contributed by atoms with Gasteiger partial charge in [0.25, 0.3) is 0 Å². The lowest BCUT2D eigenvalue weighted by atomic mass is 10.00. The van der Waals surface area contributed by atoms with Crippen molar-refractivity contribution in [2.45, 2.75) is 31.4 Å². The summed E-state index contributed by atoms with van der Waals surface area (Å²) >= 11 is 3.60. The topological polar surface area (TPSA) is 74.7 Å². The Morgan fingerprint density at radius 2 is 1.89 bits per heavy atom. The summed E-state index contributed by atoms with van der Waals surface area (Å²) in [5, 5.41) is 17.4. The van der Waals surface area contributed by atoms with Crippen LogP contribution in [0.5, 0.6) is 5.75 Å². The van der Waals surface area contributed by atoms with Crippen molar-refractivity contribution in [1.82, 2.24) is 15.2 Å². The van der Waals surface area contributed by atoms with Crippen LogP contribution >= 0.6 is 15.9 Å². The molecule has 1 saturated heterocycles. The van der Waals surface area contributed by atoms with E-state index in [0.717, 1.165) is 69.0 Å². The first-order valence-electron chi connectivity index (χ1n) is 12.3. The first-order chi connectivity index (χ1) is 17.5. The Morgan fingerprint density at radius 1 is 1.11 bits per heavy atom. The average Bonchev–Trinajstić information content (AvgIpc) is 2.91. The number of halogens is 1. The molecule has 2 heterocycles. The molecule has 0 unspecified atom stereocenters. The fourth-order valence-electron chi connectivity index (χ4n) is 5.10. The third-order valence-electron chi connectivity index (χ3n) is 7.04. The van der Waals surface area contributed by atoms with Gasteiger partial charge >= 0.3 is 0 Å². The predicted molar refractivity (Wildman–Crippen MR) is 146 cm³/mol. The molecule has 7 heteroatoms. The van der Waals surface area contributed by atoms with Crippen LogP contribution in [0.25, 0.3) is 21.7 Å². The minimum atomic E-state index is -0.626. The standard InChI is InChI=1S/C29H30BrN3O3/c1-36-21-7-9-27-25(17-21)24(10-13-31-27)28(34)18-33-14-11-20(12-15-33)32-29(35)16-19-6-8-26(30)23-5-3-2-4-22(19)23/h2-10,13,17,20,28,34H,11-12,14-16,18H2,1H3,(H,32,35)/t28-/m0/s1. The highest BCUT2D eigenvalue weighted by molar-refractivity contribution is 9.10. The fourth-order valence-corrected chi connectivity index (χ4v) is 5.58. The molecule has 5 rings (SSSR count). The molecule has 1 atom stereocenters. The molecular formula is C29H30BrN3O3. The van der Waals surface area contributed by atoms with Crippen molar-refractivity contribution in [3.05, 3.63) is 82.5 Å². The van der Waals surface area contributed by atoms with Gasteiger partial charge in [0.1, 0.15) is 5.75 Å². The van der Waals surface area contributed by atoms with Gasteiger partial charge in [-0.3, -0.25) is 9.78 Å². The summed E-state index contributed by atoms with van der Waals surface area (Å²) in [7, 11) is 1.64. The summed E-state index contributed by atoms with van der Waals surface area (Å²) in [6.07, 6.45) is 3.21. The number of nitrogens with one attached hydrogen (secondary N) is 1. The van der Waals surface area contributed by atoms with Crippen molar-refractivity contribution < 1.29 is 14.6 Å². The van der Waals surface area contributed by atoms with E-state index in [0.29, 0.717) is 13.0 Å². The van der Waals surface area contributed by atoms with E-state index in [1.807, 2.05) is 48.5 Å². The number of carbonyl (C=O) groups excluding carboxylic acids is 1. The molecule has 36 heavy (non-hydrogen) atoms. The summed E-state index contributed by atoms with van der Waals surface area (Å²) in [6, 6.07) is 19.9. The van der Waals surface area contributed by atoms with Gasteiger partial charge in [-0.05, 0) is 65.1 Å². The number of nitrogens with zero attached hydrogens (tertiary/aromatic N) is 2. The number of hydrogen-bond donors (Lipinski definition) is 2. The lowest BCUT2D eigenvalue weighted by molar-refractivity contribution is -0.121. The average molecular weight is 548 g/mol. The molecule has 1 amide bonds. The van der Waals surface area contributed by atoms with Crippen LogP contribution < -0.4 is 10.1 Å². The molecule has 1 fully saturated rings. The molecule has 1 aliphatic rings. The Morgan fingerprint density at radius 3 is 2.67 bits per heavy atom. The van der Waals surface area contributed by atoms with E-state index in [1.165, 1.54) is 0 Å². The van der Waals surface area contributed by atoms with E-state index in [2.05, 4.69) is 43.3 Å². The van der Waals surface area contributed by atoms with Crippen LogP contribution in [0.1, 0.15) is 30.1 Å². The molecule has 1 aliphatic heterocycles. The van der Waals surface area contributed by atoms with Gasteiger partial charge in [-0.2, -0.15) is 0 Å². The van der Waals surface area contributed by atoms with Crippen molar-refractivity contribution in [3.8, 4) is 5.75 Å². The number of piperidine rings is 1. The Labute approximate surface area is 219 Å². The summed E-state index contributed by atoms with van der Waals surface area (Å²) in [5.41, 5.74) is 2.73.